The van der Waals surface area contributed by atoms with E-state index in [0.29, 0.717) is 11.0 Å². The van der Waals surface area contributed by atoms with Crippen LogP contribution in [0.4, 0.5) is 4.39 Å². The molecule has 3 aromatic rings. The number of aromatic nitrogens is 5. The van der Waals surface area contributed by atoms with E-state index in [0.717, 1.165) is 5.56 Å². The van der Waals surface area contributed by atoms with Gasteiger partial charge in [0.2, 0.25) is 5.16 Å². The highest BCUT2D eigenvalue weighted by Crippen LogP contribution is 2.17. The predicted octanol–water partition coefficient (Wildman–Crippen LogP) is 2.03. The van der Waals surface area contributed by atoms with E-state index in [-0.39, 0.29) is 11.5 Å². The van der Waals surface area contributed by atoms with Crippen molar-refractivity contribution in [1.29, 1.82) is 0 Å². The van der Waals surface area contributed by atoms with Gasteiger partial charge in [0.25, 0.3) is 0 Å². The van der Waals surface area contributed by atoms with Crippen LogP contribution in [0.5, 0.6) is 0 Å². The third-order valence-electron chi connectivity index (χ3n) is 3.06. The van der Waals surface area contributed by atoms with E-state index in [1.807, 2.05) is 0 Å². The number of halogens is 1. The molecule has 1 aromatic carbocycles. The molecule has 0 aliphatic rings. The van der Waals surface area contributed by atoms with Gasteiger partial charge in [-0.25, -0.2) is 9.18 Å². The van der Waals surface area contributed by atoms with Crippen LogP contribution in [0.25, 0.3) is 0 Å². The number of carbonyl (C=O) groups is 1. The molecular formula is C15H13FN6O2S. The molecule has 128 valence electrons. The third kappa shape index (κ3) is 4.29. The van der Waals surface area contributed by atoms with E-state index in [9.17, 15) is 9.18 Å². The first kappa shape index (κ1) is 16.8. The SMILES string of the molecule is COC(=O)c1ccn(CSc2nncn2N=Cc2ccc(F)cc2)n1. The van der Waals surface area contributed by atoms with Crippen LogP contribution in [0.1, 0.15) is 16.1 Å². The Kier molecular flexibility index (Phi) is 5.19. The lowest BCUT2D eigenvalue weighted by Gasteiger charge is -2.01. The summed E-state index contributed by atoms with van der Waals surface area (Å²) in [5.74, 6) is -0.374. The fourth-order valence-corrected chi connectivity index (χ4v) is 2.57. The molecule has 0 N–H and O–H groups in total. The molecule has 0 fully saturated rings. The van der Waals surface area contributed by atoms with E-state index in [2.05, 4.69) is 25.1 Å². The lowest BCUT2D eigenvalue weighted by atomic mass is 10.2. The van der Waals surface area contributed by atoms with Crippen molar-refractivity contribution in [3.05, 3.63) is 59.9 Å². The molecule has 8 nitrogen and oxygen atoms in total. The molecule has 0 spiro atoms. The molecule has 0 aliphatic carbocycles. The molecule has 25 heavy (non-hydrogen) atoms. The zero-order valence-corrected chi connectivity index (χ0v) is 13.9. The van der Waals surface area contributed by atoms with Gasteiger partial charge in [-0.3, -0.25) is 4.68 Å². The lowest BCUT2D eigenvalue weighted by molar-refractivity contribution is 0.0593. The van der Waals surface area contributed by atoms with Crippen LogP contribution in [0.3, 0.4) is 0 Å². The smallest absolute Gasteiger partial charge is 0.358 e. The molecule has 0 bridgehead atoms. The van der Waals surface area contributed by atoms with E-state index in [1.54, 1.807) is 35.3 Å². The van der Waals surface area contributed by atoms with E-state index >= 15 is 0 Å². The Morgan fingerprint density at radius 3 is 2.92 bits per heavy atom. The van der Waals surface area contributed by atoms with Gasteiger partial charge in [-0.05, 0) is 23.8 Å². The zero-order valence-electron chi connectivity index (χ0n) is 13.1. The highest BCUT2D eigenvalue weighted by molar-refractivity contribution is 7.98. The van der Waals surface area contributed by atoms with Crippen molar-refractivity contribution in [2.75, 3.05) is 7.11 Å². The minimum Gasteiger partial charge on any atom is -0.464 e. The summed E-state index contributed by atoms with van der Waals surface area (Å²) in [6.45, 7) is 0. The van der Waals surface area contributed by atoms with Crippen molar-refractivity contribution in [3.63, 3.8) is 0 Å². The van der Waals surface area contributed by atoms with Gasteiger partial charge in [-0.15, -0.1) is 10.2 Å². The van der Waals surface area contributed by atoms with Crippen molar-refractivity contribution in [3.8, 4) is 0 Å². The zero-order chi connectivity index (χ0) is 17.6. The van der Waals surface area contributed by atoms with Crippen molar-refractivity contribution < 1.29 is 13.9 Å². The number of hydrogen-bond donors (Lipinski definition) is 0. The Hall–Kier alpha value is -3.01. The molecule has 0 aliphatic heterocycles. The maximum Gasteiger partial charge on any atom is 0.358 e. The van der Waals surface area contributed by atoms with E-state index < -0.39 is 5.97 Å². The van der Waals surface area contributed by atoms with Crippen molar-refractivity contribution in [2.45, 2.75) is 11.0 Å². The Morgan fingerprint density at radius 1 is 1.36 bits per heavy atom. The largest absolute Gasteiger partial charge is 0.464 e. The van der Waals surface area contributed by atoms with Crippen LogP contribution in [0.15, 0.2) is 53.1 Å². The summed E-state index contributed by atoms with van der Waals surface area (Å²) < 4.78 is 20.6. The standard InChI is InChI=1S/C15H13FN6O2S/c1-24-14(23)13-6-7-21(20-13)10-25-15-19-17-9-22(15)18-8-11-2-4-12(16)5-3-11/h2-9H,10H2,1H3. The number of rotatable bonds is 6. The number of methoxy groups -OCH3 is 1. The number of thioether (sulfide) groups is 1. The minimum absolute atomic E-state index is 0.235. The number of carbonyl (C=O) groups excluding carboxylic acids is 1. The van der Waals surface area contributed by atoms with Gasteiger partial charge in [0.1, 0.15) is 12.1 Å². The highest BCUT2D eigenvalue weighted by Gasteiger charge is 2.10. The number of nitrogens with zero attached hydrogens (tertiary/aromatic N) is 6. The molecule has 0 amide bonds. The normalized spacial score (nSPS) is 11.1. The summed E-state index contributed by atoms with van der Waals surface area (Å²) in [7, 11) is 1.30. The van der Waals surface area contributed by atoms with Crippen LogP contribution in [0.2, 0.25) is 0 Å². The van der Waals surface area contributed by atoms with Crippen molar-refractivity contribution >= 4 is 23.9 Å². The predicted molar refractivity (Wildman–Crippen MR) is 88.8 cm³/mol. The summed E-state index contributed by atoms with van der Waals surface area (Å²) in [6.07, 6.45) is 4.71. The molecule has 2 heterocycles. The van der Waals surface area contributed by atoms with Gasteiger partial charge in [-0.1, -0.05) is 23.9 Å². The van der Waals surface area contributed by atoms with Crippen molar-refractivity contribution in [2.24, 2.45) is 5.10 Å². The summed E-state index contributed by atoms with van der Waals surface area (Å²) >= 11 is 1.34. The second kappa shape index (κ2) is 7.71. The first-order chi connectivity index (χ1) is 12.2. The summed E-state index contributed by atoms with van der Waals surface area (Å²) in [6, 6.07) is 7.53. The van der Waals surface area contributed by atoms with Gasteiger partial charge < -0.3 is 4.74 Å². The van der Waals surface area contributed by atoms with Crippen LogP contribution in [-0.4, -0.2) is 43.9 Å². The molecule has 10 heteroatoms. The molecule has 0 atom stereocenters. The maximum absolute atomic E-state index is 12.9. The summed E-state index contributed by atoms with van der Waals surface area (Å²) in [5.41, 5.74) is 0.986. The van der Waals surface area contributed by atoms with Crippen LogP contribution < -0.4 is 0 Å². The topological polar surface area (TPSA) is 87.2 Å². The average molecular weight is 360 g/mol. The highest BCUT2D eigenvalue weighted by atomic mass is 32.2. The van der Waals surface area contributed by atoms with Gasteiger partial charge in [0, 0.05) is 6.20 Å². The molecular weight excluding hydrogens is 347 g/mol. The first-order valence-corrected chi connectivity index (χ1v) is 8.09. The van der Waals surface area contributed by atoms with Gasteiger partial charge in [-0.2, -0.15) is 14.9 Å². The quantitative estimate of drug-likeness (QED) is 0.380. The second-order valence-corrected chi connectivity index (χ2v) is 5.67. The second-order valence-electron chi connectivity index (χ2n) is 4.76. The number of hydrogen-bond acceptors (Lipinski definition) is 7. The molecule has 2 aromatic heterocycles. The minimum atomic E-state index is -0.490. The number of benzene rings is 1. The first-order valence-electron chi connectivity index (χ1n) is 7.10. The fourth-order valence-electron chi connectivity index (χ4n) is 1.84. The summed E-state index contributed by atoms with van der Waals surface area (Å²) in [5, 5.41) is 16.7. The maximum atomic E-state index is 12.9. The van der Waals surface area contributed by atoms with Crippen molar-refractivity contribution in [1.82, 2.24) is 24.7 Å². The molecule has 3 rings (SSSR count). The van der Waals surface area contributed by atoms with Crippen LogP contribution in [-0.2, 0) is 10.6 Å². The molecule has 0 saturated heterocycles. The lowest BCUT2D eigenvalue weighted by Crippen LogP contribution is -2.04. The van der Waals surface area contributed by atoms with Gasteiger partial charge in [0.05, 0.1) is 19.2 Å². The molecule has 0 saturated carbocycles. The Bertz CT molecular complexity index is 890. The van der Waals surface area contributed by atoms with Gasteiger partial charge >= 0.3 is 5.97 Å². The molecule has 0 radical (unpaired) electrons. The average Bonchev–Trinajstić information content (AvgIpc) is 3.28. The number of ether oxygens (including phenoxy) is 1. The van der Waals surface area contributed by atoms with Crippen LogP contribution in [0, 0.1) is 5.82 Å². The van der Waals surface area contributed by atoms with Crippen LogP contribution >= 0.6 is 11.8 Å². The van der Waals surface area contributed by atoms with Gasteiger partial charge in [0.15, 0.2) is 5.69 Å². The Labute approximate surface area is 146 Å². The molecule has 0 unspecified atom stereocenters. The monoisotopic (exact) mass is 360 g/mol. The Balaban J connectivity index is 1.64. The Morgan fingerprint density at radius 2 is 2.16 bits per heavy atom. The fraction of sp³-hybridized carbons (Fsp3) is 0.133. The third-order valence-corrected chi connectivity index (χ3v) is 3.98. The van der Waals surface area contributed by atoms with E-state index in [4.69, 9.17) is 0 Å². The van der Waals surface area contributed by atoms with E-state index in [1.165, 1.54) is 42.0 Å². The summed E-state index contributed by atoms with van der Waals surface area (Å²) in [4.78, 5) is 11.4. The number of esters is 1.